The number of allylic oxidation sites excluding steroid dienone is 2. The van der Waals surface area contributed by atoms with Crippen LogP contribution in [0, 0.1) is 0 Å². The Morgan fingerprint density at radius 1 is 1.00 bits per heavy atom. The van der Waals surface area contributed by atoms with Crippen LogP contribution in [0.1, 0.15) is 12.8 Å². The first-order valence-electron chi connectivity index (χ1n) is 7.60. The molecule has 0 unspecified atom stereocenters. The highest BCUT2D eigenvalue weighted by Gasteiger charge is 2.31. The lowest BCUT2D eigenvalue weighted by Gasteiger charge is -2.21. The second-order valence-corrected chi connectivity index (χ2v) is 7.89. The first kappa shape index (κ1) is 17.2. The minimum Gasteiger partial charge on any atom is -0.392 e. The number of benzene rings is 2. The van der Waals surface area contributed by atoms with E-state index >= 15 is 0 Å². The van der Waals surface area contributed by atoms with Gasteiger partial charge in [0, 0.05) is 15.9 Å². The lowest BCUT2D eigenvalue weighted by Crippen LogP contribution is -2.17. The van der Waals surface area contributed by atoms with Gasteiger partial charge >= 0.3 is 0 Å². The molecular formula is C20H21O2P. The topological polar surface area (TPSA) is 37.3 Å². The van der Waals surface area contributed by atoms with E-state index in [1.54, 1.807) is 6.08 Å². The fourth-order valence-electron chi connectivity index (χ4n) is 2.51. The van der Waals surface area contributed by atoms with Crippen LogP contribution >= 0.6 is 7.14 Å². The van der Waals surface area contributed by atoms with E-state index in [4.69, 9.17) is 5.11 Å². The third-order valence-corrected chi connectivity index (χ3v) is 6.84. The van der Waals surface area contributed by atoms with Crippen LogP contribution in [0.25, 0.3) is 0 Å². The van der Waals surface area contributed by atoms with E-state index in [0.29, 0.717) is 12.8 Å². The van der Waals surface area contributed by atoms with Crippen molar-refractivity contribution in [1.29, 1.82) is 0 Å². The molecule has 0 heterocycles. The standard InChI is InChI=1S/C20H21O2P/c1-2-18(12-10-5-11-17-21)23(22,19-13-6-3-7-14-19)20-15-8-4-9-16-20/h3-9,11,13-16,21H,1,10,12,17H2/b11-5-. The Kier molecular flexibility index (Phi) is 6.38. The van der Waals surface area contributed by atoms with E-state index in [-0.39, 0.29) is 6.61 Å². The first-order valence-corrected chi connectivity index (χ1v) is 9.30. The number of rotatable bonds is 7. The van der Waals surface area contributed by atoms with Gasteiger partial charge in [-0.05, 0) is 12.8 Å². The predicted molar refractivity (Wildman–Crippen MR) is 97.9 cm³/mol. The van der Waals surface area contributed by atoms with Crippen LogP contribution in [0.15, 0.2) is 90.4 Å². The number of hydrogen-bond acceptors (Lipinski definition) is 2. The van der Waals surface area contributed by atoms with Gasteiger partial charge in [0.05, 0.1) is 6.61 Å². The van der Waals surface area contributed by atoms with Crippen molar-refractivity contribution >= 4 is 17.8 Å². The minimum atomic E-state index is -2.94. The normalized spacial score (nSPS) is 11.3. The molecule has 0 radical (unpaired) electrons. The molecule has 0 saturated heterocycles. The highest BCUT2D eigenvalue weighted by Crippen LogP contribution is 2.52. The van der Waals surface area contributed by atoms with Gasteiger partial charge in [0.1, 0.15) is 0 Å². The third-order valence-electron chi connectivity index (χ3n) is 3.64. The van der Waals surface area contributed by atoms with Crippen LogP contribution in [-0.4, -0.2) is 11.7 Å². The minimum absolute atomic E-state index is 0.0160. The van der Waals surface area contributed by atoms with E-state index < -0.39 is 7.14 Å². The van der Waals surface area contributed by atoms with E-state index in [2.05, 4.69) is 12.3 Å². The zero-order chi connectivity index (χ0) is 16.5. The average molecular weight is 324 g/mol. The Labute approximate surface area is 137 Å². The average Bonchev–Trinajstić information content (AvgIpc) is 2.63. The van der Waals surface area contributed by atoms with Gasteiger partial charge in [-0.1, -0.05) is 79.4 Å². The van der Waals surface area contributed by atoms with Crippen molar-refractivity contribution in [2.24, 2.45) is 0 Å². The molecule has 0 aliphatic rings. The summed E-state index contributed by atoms with van der Waals surface area (Å²) in [5.74, 6) is 0. The van der Waals surface area contributed by atoms with Crippen molar-refractivity contribution in [3.63, 3.8) is 0 Å². The first-order chi connectivity index (χ1) is 11.2. The SMILES string of the molecule is C=C=C(CC/C=C\CO)P(=O)(c1ccccc1)c1ccccc1. The summed E-state index contributed by atoms with van der Waals surface area (Å²) in [4.78, 5) is 0. The molecule has 118 valence electrons. The van der Waals surface area contributed by atoms with Crippen LogP contribution < -0.4 is 10.6 Å². The Bertz CT molecular complexity index is 698. The van der Waals surface area contributed by atoms with Crippen molar-refractivity contribution in [2.45, 2.75) is 12.8 Å². The maximum Gasteiger partial charge on any atom is 0.174 e. The van der Waals surface area contributed by atoms with Gasteiger partial charge in [-0.25, -0.2) is 0 Å². The molecule has 23 heavy (non-hydrogen) atoms. The third kappa shape index (κ3) is 4.00. The molecule has 0 atom stereocenters. The monoisotopic (exact) mass is 324 g/mol. The maximum atomic E-state index is 14.0. The van der Waals surface area contributed by atoms with Gasteiger partial charge in [0.15, 0.2) is 7.14 Å². The van der Waals surface area contributed by atoms with Gasteiger partial charge in [0.25, 0.3) is 0 Å². The molecule has 0 aromatic heterocycles. The molecule has 0 amide bonds. The second kappa shape index (κ2) is 8.50. The van der Waals surface area contributed by atoms with Crippen molar-refractivity contribution in [3.8, 4) is 0 Å². The molecule has 2 aromatic carbocycles. The number of hydrogen-bond donors (Lipinski definition) is 1. The fraction of sp³-hybridized carbons (Fsp3) is 0.150. The number of aliphatic hydroxyl groups is 1. The van der Waals surface area contributed by atoms with E-state index in [1.807, 2.05) is 66.7 Å². The maximum absolute atomic E-state index is 14.0. The Hall–Kier alpha value is -2.11. The van der Waals surface area contributed by atoms with Crippen LogP contribution in [0.5, 0.6) is 0 Å². The largest absolute Gasteiger partial charge is 0.392 e. The molecule has 0 aliphatic carbocycles. The van der Waals surface area contributed by atoms with Crippen molar-refractivity contribution in [2.75, 3.05) is 6.61 Å². The zero-order valence-electron chi connectivity index (χ0n) is 13.1. The quantitative estimate of drug-likeness (QED) is 0.475. The van der Waals surface area contributed by atoms with Gasteiger partial charge in [-0.2, -0.15) is 0 Å². The van der Waals surface area contributed by atoms with E-state index in [0.717, 1.165) is 15.9 Å². The van der Waals surface area contributed by atoms with Gasteiger partial charge < -0.3 is 9.67 Å². The van der Waals surface area contributed by atoms with Crippen molar-refractivity contribution in [1.82, 2.24) is 0 Å². The molecule has 3 heteroatoms. The molecule has 0 fully saturated rings. The van der Waals surface area contributed by atoms with Gasteiger partial charge in [-0.3, -0.25) is 0 Å². The smallest absolute Gasteiger partial charge is 0.174 e. The summed E-state index contributed by atoms with van der Waals surface area (Å²) < 4.78 is 14.0. The van der Waals surface area contributed by atoms with Crippen LogP contribution in [0.2, 0.25) is 0 Å². The summed E-state index contributed by atoms with van der Waals surface area (Å²) in [6.45, 7) is 3.79. The fourth-order valence-corrected chi connectivity index (χ4v) is 5.28. The Morgan fingerprint density at radius 3 is 1.96 bits per heavy atom. The molecule has 0 aliphatic heterocycles. The highest BCUT2D eigenvalue weighted by molar-refractivity contribution is 7.82. The van der Waals surface area contributed by atoms with E-state index in [9.17, 15) is 4.57 Å². The molecule has 2 nitrogen and oxygen atoms in total. The molecule has 2 aromatic rings. The molecule has 1 N–H and O–H groups in total. The summed E-state index contributed by atoms with van der Waals surface area (Å²) in [5, 5.41) is 11.1. The summed E-state index contributed by atoms with van der Waals surface area (Å²) in [7, 11) is -2.94. The second-order valence-electron chi connectivity index (χ2n) is 5.10. The molecule has 0 spiro atoms. The van der Waals surface area contributed by atoms with Crippen molar-refractivity contribution < 1.29 is 9.67 Å². The van der Waals surface area contributed by atoms with Gasteiger partial charge in [-0.15, -0.1) is 5.73 Å². The Morgan fingerprint density at radius 2 is 1.52 bits per heavy atom. The molecule has 0 bridgehead atoms. The molecule has 2 rings (SSSR count). The lowest BCUT2D eigenvalue weighted by atomic mass is 10.3. The molecular weight excluding hydrogens is 303 g/mol. The van der Waals surface area contributed by atoms with Crippen LogP contribution in [-0.2, 0) is 4.57 Å². The summed E-state index contributed by atoms with van der Waals surface area (Å²) in [6, 6.07) is 19.0. The van der Waals surface area contributed by atoms with Crippen LogP contribution in [0.3, 0.4) is 0 Å². The summed E-state index contributed by atoms with van der Waals surface area (Å²) in [6.07, 6.45) is 4.87. The van der Waals surface area contributed by atoms with E-state index in [1.165, 1.54) is 0 Å². The van der Waals surface area contributed by atoms with Crippen molar-refractivity contribution in [3.05, 3.63) is 90.4 Å². The Balaban J connectivity index is 2.48. The highest BCUT2D eigenvalue weighted by atomic mass is 31.2. The number of aliphatic hydroxyl groups excluding tert-OH is 1. The zero-order valence-corrected chi connectivity index (χ0v) is 14.0. The summed E-state index contributed by atoms with van der Waals surface area (Å²) >= 11 is 0. The van der Waals surface area contributed by atoms with Crippen LogP contribution in [0.4, 0.5) is 0 Å². The lowest BCUT2D eigenvalue weighted by molar-refractivity contribution is 0.342. The predicted octanol–water partition coefficient (Wildman–Crippen LogP) is 4.00. The summed E-state index contributed by atoms with van der Waals surface area (Å²) in [5.41, 5.74) is 2.92. The van der Waals surface area contributed by atoms with Gasteiger partial charge in [0.2, 0.25) is 0 Å². The molecule has 0 saturated carbocycles.